The minimum absolute atomic E-state index is 0.111. The van der Waals surface area contributed by atoms with Crippen LogP contribution in [-0.2, 0) is 13.6 Å². The van der Waals surface area contributed by atoms with Crippen molar-refractivity contribution in [3.63, 3.8) is 0 Å². The van der Waals surface area contributed by atoms with Crippen LogP contribution in [0.25, 0.3) is 0 Å². The average Bonchev–Trinajstić information content (AvgIpc) is 3.10. The second-order valence-corrected chi connectivity index (χ2v) is 9.72. The summed E-state index contributed by atoms with van der Waals surface area (Å²) in [6.45, 7) is 6.94. The van der Waals surface area contributed by atoms with Gasteiger partial charge < -0.3 is 23.0 Å². The number of para-hydroxylation sites is 2. The number of nitrogens with zero attached hydrogens (tertiary/aromatic N) is 1. The molecule has 1 aromatic carbocycles. The number of likely N-dealkylation sites (tertiary alicyclic amines) is 1. The fourth-order valence-electron chi connectivity index (χ4n) is 3.77. The maximum atomic E-state index is 5.94. The van der Waals surface area contributed by atoms with Gasteiger partial charge >= 0.3 is 8.60 Å². The number of hydrogen-bond donors (Lipinski definition) is 0. The van der Waals surface area contributed by atoms with E-state index in [2.05, 4.69) is 31.9 Å². The lowest BCUT2D eigenvalue weighted by molar-refractivity contribution is 0.0339. The first-order valence-corrected chi connectivity index (χ1v) is 11.3. The minimum Gasteiger partial charge on any atom is -0.493 e. The summed E-state index contributed by atoms with van der Waals surface area (Å²) < 4.78 is 27.4. The molecule has 2 aliphatic heterocycles. The van der Waals surface area contributed by atoms with Crippen LogP contribution >= 0.6 is 8.60 Å². The normalized spacial score (nSPS) is 26.6. The first-order chi connectivity index (χ1) is 13.9. The van der Waals surface area contributed by atoms with Crippen LogP contribution in [0.1, 0.15) is 33.1 Å². The molecule has 0 bridgehead atoms. The third-order valence-electron chi connectivity index (χ3n) is 5.56. The molecule has 0 saturated carbocycles. The van der Waals surface area contributed by atoms with Crippen LogP contribution in [0.2, 0.25) is 0 Å². The predicted molar refractivity (Wildman–Crippen MR) is 115 cm³/mol. The Balaban J connectivity index is 0.000000204. The Hall–Kier alpha value is -1.33. The third-order valence-corrected chi connectivity index (χ3v) is 6.63. The molecule has 7 heteroatoms. The van der Waals surface area contributed by atoms with Gasteiger partial charge in [0.25, 0.3) is 0 Å². The number of likely N-dealkylation sites (N-methyl/N-ethyl adjacent to an activating group) is 1. The highest BCUT2D eigenvalue weighted by molar-refractivity contribution is 7.41. The van der Waals surface area contributed by atoms with Gasteiger partial charge in [0.1, 0.15) is 5.76 Å². The molecule has 1 aromatic rings. The zero-order valence-electron chi connectivity index (χ0n) is 18.2. The van der Waals surface area contributed by atoms with E-state index in [0.717, 1.165) is 42.8 Å². The highest BCUT2D eigenvalue weighted by Gasteiger charge is 2.36. The first kappa shape index (κ1) is 22.4. The maximum absolute atomic E-state index is 5.94. The highest BCUT2D eigenvalue weighted by Crippen LogP contribution is 2.50. The molecule has 0 spiro atoms. The van der Waals surface area contributed by atoms with Crippen molar-refractivity contribution in [1.82, 2.24) is 4.90 Å². The lowest BCUT2D eigenvalue weighted by atomic mass is 9.89. The molecule has 1 aliphatic carbocycles. The number of rotatable bonds is 4. The van der Waals surface area contributed by atoms with Crippen molar-refractivity contribution in [3.8, 4) is 11.5 Å². The number of ether oxygens (including phenoxy) is 2. The van der Waals surface area contributed by atoms with Gasteiger partial charge in [-0.05, 0) is 50.6 Å². The Labute approximate surface area is 176 Å². The molecule has 2 saturated heterocycles. The summed E-state index contributed by atoms with van der Waals surface area (Å²) in [6.07, 6.45) is 5.87. The Morgan fingerprint density at radius 2 is 1.66 bits per heavy atom. The number of hydrogen-bond acceptors (Lipinski definition) is 6. The van der Waals surface area contributed by atoms with Gasteiger partial charge in [0.2, 0.25) is 0 Å². The molecule has 2 atom stereocenters. The second kappa shape index (κ2) is 10.1. The molecule has 0 amide bonds. The quantitative estimate of drug-likeness (QED) is 0.635. The highest BCUT2D eigenvalue weighted by atomic mass is 31.2. The molecule has 162 valence electrons. The Morgan fingerprint density at radius 1 is 1.03 bits per heavy atom. The topological polar surface area (TPSA) is 49.4 Å². The molecular weight excluding hydrogens is 389 g/mol. The SMILES string of the molecule is CN1CCC2CCC(OP3OCC(C)(C)CO3)=CC21.COc1ccccc1OC. The van der Waals surface area contributed by atoms with Crippen molar-refractivity contribution in [2.75, 3.05) is 41.0 Å². The van der Waals surface area contributed by atoms with Crippen molar-refractivity contribution in [3.05, 3.63) is 36.1 Å². The molecule has 6 nitrogen and oxygen atoms in total. The molecule has 3 aliphatic rings. The summed E-state index contributed by atoms with van der Waals surface area (Å²) in [5, 5.41) is 0. The van der Waals surface area contributed by atoms with E-state index >= 15 is 0 Å². The molecule has 4 rings (SSSR count). The zero-order valence-corrected chi connectivity index (χ0v) is 19.1. The lowest BCUT2D eigenvalue weighted by Crippen LogP contribution is -2.31. The number of benzene rings is 1. The Morgan fingerprint density at radius 3 is 2.24 bits per heavy atom. The van der Waals surface area contributed by atoms with Crippen LogP contribution in [0, 0.1) is 11.3 Å². The maximum Gasteiger partial charge on any atom is 0.396 e. The Bertz CT molecular complexity index is 663. The number of fused-ring (bicyclic) bond motifs is 1. The van der Waals surface area contributed by atoms with E-state index < -0.39 is 8.60 Å². The third kappa shape index (κ3) is 6.08. The summed E-state index contributed by atoms with van der Waals surface area (Å²) in [4.78, 5) is 2.42. The van der Waals surface area contributed by atoms with E-state index in [1.165, 1.54) is 19.4 Å². The smallest absolute Gasteiger partial charge is 0.396 e. The van der Waals surface area contributed by atoms with E-state index in [9.17, 15) is 0 Å². The number of methoxy groups -OCH3 is 2. The standard InChI is InChI=1S/C14H24NO3P.C8H10O2/c1-14(2)9-16-19(17-10-14)18-12-5-4-11-6-7-15(3)13(11)8-12;1-9-7-5-3-4-6-8(7)10-2/h8,11,13H,4-7,9-10H2,1-3H3;3-6H,1-2H3. The van der Waals surface area contributed by atoms with Crippen LogP contribution in [0.4, 0.5) is 0 Å². The van der Waals surface area contributed by atoms with Crippen LogP contribution in [0.5, 0.6) is 11.5 Å². The minimum atomic E-state index is -1.17. The van der Waals surface area contributed by atoms with Gasteiger partial charge in [-0.25, -0.2) is 0 Å². The molecule has 2 unspecified atom stereocenters. The predicted octanol–water partition coefficient (Wildman–Crippen LogP) is 5.00. The van der Waals surface area contributed by atoms with Gasteiger partial charge in [-0.3, -0.25) is 4.90 Å². The molecule has 2 fully saturated rings. The van der Waals surface area contributed by atoms with Crippen molar-refractivity contribution in [2.45, 2.75) is 39.2 Å². The molecular formula is C22H34NO5P. The van der Waals surface area contributed by atoms with Gasteiger partial charge in [-0.1, -0.05) is 26.0 Å². The van der Waals surface area contributed by atoms with Crippen molar-refractivity contribution < 1.29 is 23.0 Å². The molecule has 0 aromatic heterocycles. The van der Waals surface area contributed by atoms with E-state index in [1.54, 1.807) is 14.2 Å². The van der Waals surface area contributed by atoms with Crippen LogP contribution < -0.4 is 9.47 Å². The van der Waals surface area contributed by atoms with Crippen LogP contribution in [-0.4, -0.2) is 52.0 Å². The van der Waals surface area contributed by atoms with Gasteiger partial charge in [0.05, 0.1) is 27.4 Å². The van der Waals surface area contributed by atoms with E-state index in [4.69, 9.17) is 23.0 Å². The summed E-state index contributed by atoms with van der Waals surface area (Å²) in [5.74, 6) is 3.42. The van der Waals surface area contributed by atoms with Gasteiger partial charge in [0.15, 0.2) is 11.5 Å². The zero-order chi connectivity index (χ0) is 20.9. The molecule has 29 heavy (non-hydrogen) atoms. The first-order valence-electron chi connectivity index (χ1n) is 10.2. The van der Waals surface area contributed by atoms with Gasteiger partial charge in [-0.15, -0.1) is 0 Å². The van der Waals surface area contributed by atoms with Crippen molar-refractivity contribution >= 4 is 8.60 Å². The largest absolute Gasteiger partial charge is 0.493 e. The van der Waals surface area contributed by atoms with Crippen molar-refractivity contribution in [1.29, 1.82) is 0 Å². The van der Waals surface area contributed by atoms with E-state index in [0.29, 0.717) is 6.04 Å². The monoisotopic (exact) mass is 423 g/mol. The van der Waals surface area contributed by atoms with Crippen LogP contribution in [0.15, 0.2) is 36.1 Å². The summed E-state index contributed by atoms with van der Waals surface area (Å²) >= 11 is 0. The van der Waals surface area contributed by atoms with Gasteiger partial charge in [-0.2, -0.15) is 0 Å². The fraction of sp³-hybridized carbons (Fsp3) is 0.636. The van der Waals surface area contributed by atoms with E-state index in [1.807, 2.05) is 24.3 Å². The summed E-state index contributed by atoms with van der Waals surface area (Å²) in [7, 11) is 4.27. The second-order valence-electron chi connectivity index (χ2n) is 8.57. The fourth-order valence-corrected chi connectivity index (χ4v) is 5.21. The van der Waals surface area contributed by atoms with Crippen LogP contribution in [0.3, 0.4) is 0 Å². The molecule has 0 radical (unpaired) electrons. The van der Waals surface area contributed by atoms with Gasteiger partial charge in [0, 0.05) is 17.9 Å². The van der Waals surface area contributed by atoms with E-state index in [-0.39, 0.29) is 5.41 Å². The lowest BCUT2D eigenvalue weighted by Gasteiger charge is -2.34. The average molecular weight is 423 g/mol. The summed E-state index contributed by atoms with van der Waals surface area (Å²) in [6, 6.07) is 8.08. The number of allylic oxidation sites excluding steroid dienone is 1. The molecule has 0 N–H and O–H groups in total. The van der Waals surface area contributed by atoms with Crippen molar-refractivity contribution in [2.24, 2.45) is 11.3 Å². The Kier molecular flexibility index (Phi) is 7.80. The summed E-state index contributed by atoms with van der Waals surface area (Å²) in [5.41, 5.74) is 0.111. The molecule has 2 heterocycles.